The summed E-state index contributed by atoms with van der Waals surface area (Å²) in [6, 6.07) is 4.17. The van der Waals surface area contributed by atoms with Gasteiger partial charge in [0.15, 0.2) is 6.04 Å². The highest BCUT2D eigenvalue weighted by Gasteiger charge is 2.27. The van der Waals surface area contributed by atoms with E-state index in [1.165, 1.54) is 10.5 Å². The van der Waals surface area contributed by atoms with E-state index in [1.54, 1.807) is 0 Å². The van der Waals surface area contributed by atoms with Gasteiger partial charge in [-0.25, -0.2) is 0 Å². The molecule has 0 aliphatic carbocycles. The number of rotatable bonds is 3. The van der Waals surface area contributed by atoms with Crippen molar-refractivity contribution in [2.45, 2.75) is 33.7 Å². The van der Waals surface area contributed by atoms with Gasteiger partial charge in [-0.1, -0.05) is 17.7 Å². The maximum atomic E-state index is 12.4. The van der Waals surface area contributed by atoms with Gasteiger partial charge in [0, 0.05) is 5.69 Å². The second kappa shape index (κ2) is 6.37. The molecule has 0 spiro atoms. The van der Waals surface area contributed by atoms with E-state index in [0.717, 1.165) is 43.1 Å². The summed E-state index contributed by atoms with van der Waals surface area (Å²) < 4.78 is 5.35. The molecule has 1 atom stereocenters. The van der Waals surface area contributed by atoms with E-state index < -0.39 is 0 Å². The smallest absolute Gasteiger partial charge is 0.282 e. The van der Waals surface area contributed by atoms with E-state index in [2.05, 4.69) is 24.4 Å². The van der Waals surface area contributed by atoms with Gasteiger partial charge in [-0.05, 0) is 38.8 Å². The van der Waals surface area contributed by atoms with Gasteiger partial charge in [-0.3, -0.25) is 4.79 Å². The van der Waals surface area contributed by atoms with E-state index in [9.17, 15) is 4.79 Å². The number of nitrogens with one attached hydrogen (secondary N) is 2. The Bertz CT molecular complexity index is 470. The molecule has 110 valence electrons. The summed E-state index contributed by atoms with van der Waals surface area (Å²) in [5.74, 6) is 0.0944. The van der Waals surface area contributed by atoms with Crippen molar-refractivity contribution < 1.29 is 14.4 Å². The number of quaternary nitrogens is 1. The van der Waals surface area contributed by atoms with Crippen LogP contribution in [0.1, 0.15) is 23.6 Å². The Balaban J connectivity index is 2.07. The number of carbonyl (C=O) groups is 1. The fourth-order valence-corrected chi connectivity index (χ4v) is 2.86. The van der Waals surface area contributed by atoms with Crippen molar-refractivity contribution in [3.05, 3.63) is 28.8 Å². The molecule has 1 amide bonds. The lowest BCUT2D eigenvalue weighted by atomic mass is 10.0. The maximum Gasteiger partial charge on any atom is 0.282 e. The van der Waals surface area contributed by atoms with Gasteiger partial charge >= 0.3 is 0 Å². The van der Waals surface area contributed by atoms with Gasteiger partial charge in [0.1, 0.15) is 13.1 Å². The van der Waals surface area contributed by atoms with E-state index in [0.29, 0.717) is 0 Å². The monoisotopic (exact) mass is 277 g/mol. The third-order valence-electron chi connectivity index (χ3n) is 4.07. The second-order valence-electron chi connectivity index (χ2n) is 5.76. The normalized spacial score (nSPS) is 17.8. The zero-order valence-corrected chi connectivity index (χ0v) is 12.9. The van der Waals surface area contributed by atoms with Crippen molar-refractivity contribution in [2.24, 2.45) is 0 Å². The average Bonchev–Trinajstić information content (AvgIpc) is 2.42. The Hall–Kier alpha value is -1.39. The van der Waals surface area contributed by atoms with Gasteiger partial charge in [0.2, 0.25) is 0 Å². The number of hydrogen-bond acceptors (Lipinski definition) is 2. The molecule has 4 heteroatoms. The van der Waals surface area contributed by atoms with Crippen LogP contribution in [0.25, 0.3) is 0 Å². The van der Waals surface area contributed by atoms with Gasteiger partial charge in [0.05, 0.1) is 13.2 Å². The van der Waals surface area contributed by atoms with Crippen LogP contribution in [-0.2, 0) is 9.53 Å². The number of carbonyl (C=O) groups excluding carboxylic acids is 1. The van der Waals surface area contributed by atoms with Gasteiger partial charge in [0.25, 0.3) is 5.91 Å². The average molecular weight is 277 g/mol. The number of anilines is 1. The van der Waals surface area contributed by atoms with Crippen molar-refractivity contribution in [3.8, 4) is 0 Å². The zero-order valence-electron chi connectivity index (χ0n) is 12.9. The summed E-state index contributed by atoms with van der Waals surface area (Å²) in [5.41, 5.74) is 4.44. The molecule has 2 rings (SSSR count). The van der Waals surface area contributed by atoms with Gasteiger partial charge in [-0.15, -0.1) is 0 Å². The first-order valence-electron chi connectivity index (χ1n) is 7.30. The molecule has 1 heterocycles. The quantitative estimate of drug-likeness (QED) is 0.860. The zero-order chi connectivity index (χ0) is 14.7. The van der Waals surface area contributed by atoms with E-state index in [-0.39, 0.29) is 11.9 Å². The van der Waals surface area contributed by atoms with Crippen molar-refractivity contribution in [1.82, 2.24) is 0 Å². The molecular weight excluding hydrogens is 252 g/mol. The third kappa shape index (κ3) is 3.38. The van der Waals surface area contributed by atoms with Crippen LogP contribution in [-0.4, -0.2) is 38.3 Å². The number of ether oxygens (including phenoxy) is 1. The summed E-state index contributed by atoms with van der Waals surface area (Å²) >= 11 is 0. The topological polar surface area (TPSA) is 42.8 Å². The van der Waals surface area contributed by atoms with Crippen LogP contribution < -0.4 is 10.2 Å². The highest BCUT2D eigenvalue weighted by atomic mass is 16.5. The minimum Gasteiger partial charge on any atom is -0.370 e. The predicted molar refractivity (Wildman–Crippen MR) is 80.3 cm³/mol. The highest BCUT2D eigenvalue weighted by Crippen LogP contribution is 2.21. The Morgan fingerprint density at radius 3 is 2.30 bits per heavy atom. The van der Waals surface area contributed by atoms with Crippen LogP contribution in [0.4, 0.5) is 5.69 Å². The van der Waals surface area contributed by atoms with Crippen LogP contribution in [0.3, 0.4) is 0 Å². The Morgan fingerprint density at radius 1 is 1.20 bits per heavy atom. The fourth-order valence-electron chi connectivity index (χ4n) is 2.86. The molecule has 0 saturated carbocycles. The van der Waals surface area contributed by atoms with E-state index >= 15 is 0 Å². The lowest BCUT2D eigenvalue weighted by Gasteiger charge is -2.28. The molecule has 0 radical (unpaired) electrons. The summed E-state index contributed by atoms with van der Waals surface area (Å²) in [6.07, 6.45) is 0. The largest absolute Gasteiger partial charge is 0.370 e. The first kappa shape index (κ1) is 15.0. The SMILES string of the molecule is Cc1cc(C)c(NC(=O)[C@@H](C)[NH+]2CCOCC2)c(C)c1. The molecule has 1 saturated heterocycles. The number of benzene rings is 1. The van der Waals surface area contributed by atoms with E-state index in [1.807, 2.05) is 20.8 Å². The molecule has 1 aliphatic rings. The lowest BCUT2D eigenvalue weighted by molar-refractivity contribution is -0.921. The van der Waals surface area contributed by atoms with Crippen LogP contribution in [0, 0.1) is 20.8 Å². The molecular formula is C16H25N2O2+. The van der Waals surface area contributed by atoms with Crippen LogP contribution >= 0.6 is 0 Å². The molecule has 1 aromatic rings. The van der Waals surface area contributed by atoms with Crippen molar-refractivity contribution in [2.75, 3.05) is 31.6 Å². The van der Waals surface area contributed by atoms with Crippen molar-refractivity contribution in [3.63, 3.8) is 0 Å². The Morgan fingerprint density at radius 2 is 1.75 bits per heavy atom. The molecule has 1 aliphatic heterocycles. The standard InChI is InChI=1S/C16H24N2O2/c1-11-9-12(2)15(13(3)10-11)17-16(19)14(4)18-5-7-20-8-6-18/h9-10,14H,5-8H2,1-4H3,(H,17,19)/p+1/t14-/m1/s1. The molecule has 1 fully saturated rings. The molecule has 0 aromatic heterocycles. The van der Waals surface area contributed by atoms with E-state index in [4.69, 9.17) is 4.74 Å². The minimum atomic E-state index is -0.0426. The van der Waals surface area contributed by atoms with Crippen LogP contribution in [0.5, 0.6) is 0 Å². The summed E-state index contributed by atoms with van der Waals surface area (Å²) in [4.78, 5) is 13.7. The fraction of sp³-hybridized carbons (Fsp3) is 0.562. The molecule has 1 aromatic carbocycles. The number of morpholine rings is 1. The Labute approximate surface area is 121 Å². The minimum absolute atomic E-state index is 0.0426. The molecule has 0 unspecified atom stereocenters. The molecule has 4 nitrogen and oxygen atoms in total. The second-order valence-corrected chi connectivity index (χ2v) is 5.76. The van der Waals surface area contributed by atoms with Crippen molar-refractivity contribution >= 4 is 11.6 Å². The van der Waals surface area contributed by atoms with Crippen molar-refractivity contribution in [1.29, 1.82) is 0 Å². The summed E-state index contributed by atoms with van der Waals surface area (Å²) in [5, 5.41) is 3.10. The Kier molecular flexibility index (Phi) is 4.78. The number of aryl methyl sites for hydroxylation is 3. The van der Waals surface area contributed by atoms with Crippen LogP contribution in [0.2, 0.25) is 0 Å². The van der Waals surface area contributed by atoms with Gasteiger partial charge in [-0.2, -0.15) is 0 Å². The highest BCUT2D eigenvalue weighted by molar-refractivity contribution is 5.95. The number of amides is 1. The first-order chi connectivity index (χ1) is 9.49. The molecule has 2 N–H and O–H groups in total. The third-order valence-corrected chi connectivity index (χ3v) is 4.07. The maximum absolute atomic E-state index is 12.4. The van der Waals surface area contributed by atoms with Gasteiger partial charge < -0.3 is 15.0 Å². The summed E-state index contributed by atoms with van der Waals surface area (Å²) in [6.45, 7) is 11.5. The lowest BCUT2D eigenvalue weighted by Crippen LogP contribution is -3.18. The first-order valence-corrected chi connectivity index (χ1v) is 7.30. The summed E-state index contributed by atoms with van der Waals surface area (Å²) in [7, 11) is 0. The predicted octanol–water partition coefficient (Wildman–Crippen LogP) is 0.854. The molecule has 20 heavy (non-hydrogen) atoms. The molecule has 0 bridgehead atoms. The number of hydrogen-bond donors (Lipinski definition) is 2. The van der Waals surface area contributed by atoms with Crippen LogP contribution in [0.15, 0.2) is 12.1 Å².